The van der Waals surface area contributed by atoms with E-state index in [2.05, 4.69) is 50.4 Å². The highest BCUT2D eigenvalue weighted by Gasteiger charge is 2.43. The van der Waals surface area contributed by atoms with Crippen molar-refractivity contribution in [3.63, 3.8) is 0 Å². The Bertz CT molecular complexity index is 592. The maximum absolute atomic E-state index is 6.50. The van der Waals surface area contributed by atoms with E-state index in [1.54, 1.807) is 0 Å². The third kappa shape index (κ3) is 6.72. The second kappa shape index (κ2) is 10.3. The number of hydrogen-bond donors (Lipinski definition) is 1. The lowest BCUT2D eigenvalue weighted by Crippen LogP contribution is -2.42. The van der Waals surface area contributed by atoms with Crippen LogP contribution in [0.25, 0.3) is 0 Å². The summed E-state index contributed by atoms with van der Waals surface area (Å²) in [5, 5.41) is 3.21. The molecule has 29 heavy (non-hydrogen) atoms. The Hall–Kier alpha value is -1.06. The van der Waals surface area contributed by atoms with Gasteiger partial charge >= 0.3 is 0 Å². The number of hydrogen-bond acceptors (Lipinski definition) is 3. The van der Waals surface area contributed by atoms with Crippen molar-refractivity contribution in [3.8, 4) is 5.75 Å². The summed E-state index contributed by atoms with van der Waals surface area (Å²) in [5.41, 5.74) is 1.47. The van der Waals surface area contributed by atoms with E-state index in [1.807, 2.05) is 7.05 Å². The van der Waals surface area contributed by atoms with E-state index in [1.165, 1.54) is 69.8 Å². The van der Waals surface area contributed by atoms with Crippen LogP contribution >= 0.6 is 0 Å². The van der Waals surface area contributed by atoms with Crippen molar-refractivity contribution in [2.45, 2.75) is 110 Å². The molecule has 0 bridgehead atoms. The lowest BCUT2D eigenvalue weighted by atomic mass is 9.60. The predicted molar refractivity (Wildman–Crippen MR) is 121 cm³/mol. The Morgan fingerprint density at radius 1 is 0.966 bits per heavy atom. The minimum atomic E-state index is -0.209. The molecule has 1 aromatic carbocycles. The Kier molecular flexibility index (Phi) is 8.04. The molecule has 164 valence electrons. The Morgan fingerprint density at radius 2 is 1.59 bits per heavy atom. The molecule has 1 N–H and O–H groups in total. The molecule has 2 saturated carbocycles. The van der Waals surface area contributed by atoms with Crippen LogP contribution in [-0.2, 0) is 11.3 Å². The van der Waals surface area contributed by atoms with E-state index >= 15 is 0 Å². The summed E-state index contributed by atoms with van der Waals surface area (Å²) in [6, 6.07) is 8.49. The first kappa shape index (κ1) is 22.6. The van der Waals surface area contributed by atoms with E-state index in [-0.39, 0.29) is 11.9 Å². The molecule has 3 heteroatoms. The zero-order valence-corrected chi connectivity index (χ0v) is 19.3. The topological polar surface area (TPSA) is 30.5 Å². The Labute approximate surface area is 178 Å². The molecule has 3 rings (SSSR count). The largest absolute Gasteiger partial charge is 0.465 e. The van der Waals surface area contributed by atoms with Crippen molar-refractivity contribution >= 4 is 0 Å². The van der Waals surface area contributed by atoms with E-state index in [9.17, 15) is 0 Å². The van der Waals surface area contributed by atoms with E-state index < -0.39 is 0 Å². The third-order valence-electron chi connectivity index (χ3n) is 6.95. The first-order chi connectivity index (χ1) is 13.9. The zero-order chi connectivity index (χ0) is 20.7. The van der Waals surface area contributed by atoms with Gasteiger partial charge in [0.05, 0.1) is 5.60 Å². The van der Waals surface area contributed by atoms with Crippen LogP contribution in [0, 0.1) is 11.3 Å². The molecule has 3 nitrogen and oxygen atoms in total. The molecule has 0 saturated heterocycles. The normalized spacial score (nSPS) is 21.7. The summed E-state index contributed by atoms with van der Waals surface area (Å²) in [6.07, 6.45) is 14.8. The second-order valence-electron chi connectivity index (χ2n) is 10.4. The average molecular weight is 402 g/mol. The van der Waals surface area contributed by atoms with Crippen LogP contribution < -0.4 is 10.1 Å². The van der Waals surface area contributed by atoms with Crippen LogP contribution in [0.3, 0.4) is 0 Å². The minimum absolute atomic E-state index is 0.176. The molecule has 0 heterocycles. The molecule has 2 fully saturated rings. The van der Waals surface area contributed by atoms with Crippen LogP contribution in [0.2, 0.25) is 0 Å². The molecule has 0 aliphatic heterocycles. The molecule has 2 aliphatic carbocycles. The van der Waals surface area contributed by atoms with Gasteiger partial charge in [-0.25, -0.2) is 0 Å². The van der Waals surface area contributed by atoms with Crippen LogP contribution in [-0.4, -0.2) is 18.9 Å². The maximum atomic E-state index is 6.50. The molecule has 1 atom stereocenters. The number of nitrogens with one attached hydrogen (secondary N) is 1. The fourth-order valence-electron chi connectivity index (χ4n) is 5.63. The molecule has 0 radical (unpaired) electrons. The second-order valence-corrected chi connectivity index (χ2v) is 10.4. The van der Waals surface area contributed by atoms with Gasteiger partial charge in [-0.05, 0) is 82.5 Å². The zero-order valence-electron chi connectivity index (χ0n) is 19.3. The summed E-state index contributed by atoms with van der Waals surface area (Å²) >= 11 is 0. The van der Waals surface area contributed by atoms with Crippen LogP contribution in [0.15, 0.2) is 24.3 Å². The predicted octanol–water partition coefficient (Wildman–Crippen LogP) is 6.85. The van der Waals surface area contributed by atoms with Gasteiger partial charge in [-0.3, -0.25) is 0 Å². The van der Waals surface area contributed by atoms with Gasteiger partial charge in [-0.15, -0.1) is 0 Å². The van der Waals surface area contributed by atoms with Crippen molar-refractivity contribution < 1.29 is 9.47 Å². The van der Waals surface area contributed by atoms with Crippen LogP contribution in [0.1, 0.15) is 97.0 Å². The van der Waals surface area contributed by atoms with Crippen molar-refractivity contribution in [1.82, 2.24) is 5.32 Å². The summed E-state index contributed by atoms with van der Waals surface area (Å²) in [4.78, 5) is 0. The van der Waals surface area contributed by atoms with Gasteiger partial charge in [-0.2, -0.15) is 0 Å². The Morgan fingerprint density at radius 3 is 2.17 bits per heavy atom. The molecule has 2 aliphatic rings. The van der Waals surface area contributed by atoms with Gasteiger partial charge in [0, 0.05) is 13.0 Å². The van der Waals surface area contributed by atoms with E-state index in [0.717, 1.165) is 24.6 Å². The highest BCUT2D eigenvalue weighted by Crippen LogP contribution is 2.51. The van der Waals surface area contributed by atoms with Crippen LogP contribution in [0.5, 0.6) is 5.75 Å². The number of ether oxygens (including phenoxy) is 2. The summed E-state index contributed by atoms with van der Waals surface area (Å²) in [7, 11) is 1.98. The fourth-order valence-corrected chi connectivity index (χ4v) is 5.63. The summed E-state index contributed by atoms with van der Waals surface area (Å²) < 4.78 is 13.0. The minimum Gasteiger partial charge on any atom is -0.465 e. The highest BCUT2D eigenvalue weighted by atomic mass is 16.7. The highest BCUT2D eigenvalue weighted by molar-refractivity contribution is 5.27. The smallest absolute Gasteiger partial charge is 0.200 e. The van der Waals surface area contributed by atoms with E-state index in [4.69, 9.17) is 9.47 Å². The van der Waals surface area contributed by atoms with Crippen LogP contribution in [0.4, 0.5) is 0 Å². The quantitative estimate of drug-likeness (QED) is 0.483. The standard InChI is InChI=1S/C26H43NO2/c1-25(2,3)29-24(28-23-15-13-21(14-16-23)20-27-4)19-26(17-9-6-10-18-26)22-11-7-5-8-12-22/h13-16,22,24,27H,5-12,17-20H2,1-4H3. The first-order valence-electron chi connectivity index (χ1n) is 12.0. The number of benzene rings is 1. The molecule has 0 spiro atoms. The van der Waals surface area contributed by atoms with Gasteiger partial charge in [0.15, 0.2) is 0 Å². The van der Waals surface area contributed by atoms with Gasteiger partial charge < -0.3 is 14.8 Å². The van der Waals surface area contributed by atoms with E-state index in [0.29, 0.717) is 5.41 Å². The maximum Gasteiger partial charge on any atom is 0.200 e. The van der Waals surface area contributed by atoms with Crippen molar-refractivity contribution in [2.75, 3.05) is 7.05 Å². The van der Waals surface area contributed by atoms with Gasteiger partial charge in [0.2, 0.25) is 6.29 Å². The van der Waals surface area contributed by atoms with Crippen molar-refractivity contribution in [2.24, 2.45) is 11.3 Å². The van der Waals surface area contributed by atoms with Gasteiger partial charge in [-0.1, -0.05) is 50.7 Å². The molecule has 1 aromatic rings. The lowest BCUT2D eigenvalue weighted by Gasteiger charge is -2.47. The first-order valence-corrected chi connectivity index (χ1v) is 12.0. The third-order valence-corrected chi connectivity index (χ3v) is 6.95. The summed E-state index contributed by atoms with van der Waals surface area (Å²) in [6.45, 7) is 7.32. The van der Waals surface area contributed by atoms with Crippen molar-refractivity contribution in [3.05, 3.63) is 29.8 Å². The van der Waals surface area contributed by atoms with Gasteiger partial charge in [0.1, 0.15) is 5.75 Å². The molecular weight excluding hydrogens is 358 g/mol. The lowest BCUT2D eigenvalue weighted by molar-refractivity contribution is -0.176. The Balaban J connectivity index is 1.76. The number of rotatable bonds is 8. The molecule has 1 unspecified atom stereocenters. The fraction of sp³-hybridized carbons (Fsp3) is 0.769. The van der Waals surface area contributed by atoms with Crippen molar-refractivity contribution in [1.29, 1.82) is 0 Å². The average Bonchev–Trinajstić information content (AvgIpc) is 2.70. The molecule has 0 aromatic heterocycles. The SMILES string of the molecule is CNCc1ccc(OC(CC2(C3CCCCC3)CCCCC2)OC(C)(C)C)cc1. The molecular formula is C26H43NO2. The summed E-state index contributed by atoms with van der Waals surface area (Å²) in [5.74, 6) is 1.78. The monoisotopic (exact) mass is 401 g/mol. The van der Waals surface area contributed by atoms with Gasteiger partial charge in [0.25, 0.3) is 0 Å². The molecule has 0 amide bonds.